The van der Waals surface area contributed by atoms with Gasteiger partial charge in [0.25, 0.3) is 0 Å². The number of nitrogens with zero attached hydrogens (tertiary/aromatic N) is 1. The Labute approximate surface area is 196 Å². The molecule has 0 saturated carbocycles. The van der Waals surface area contributed by atoms with Gasteiger partial charge in [-0.1, -0.05) is 57.3 Å². The highest BCUT2D eigenvalue weighted by Crippen LogP contribution is 2.41. The molecule has 0 aromatic heterocycles. The van der Waals surface area contributed by atoms with Crippen LogP contribution in [0.4, 0.5) is 0 Å². The standard InChI is InChI=1S/C21H15BrCl2N2O3S/c1-29-21(28)18-17(12-3-2-4-13(22)8-12)14(9-25)20(26-19(18)27)30-10-11-5-6-15(23)16(24)7-11/h2-8,17-18H,10H2,1H3,(H,26,27)/t17-,18+/m0/s1. The van der Waals surface area contributed by atoms with Crippen LogP contribution in [0.1, 0.15) is 17.0 Å². The third-order valence-corrected chi connectivity index (χ3v) is 6.88. The third-order valence-electron chi connectivity index (χ3n) is 4.56. The van der Waals surface area contributed by atoms with Crippen LogP contribution in [0.5, 0.6) is 0 Å². The van der Waals surface area contributed by atoms with E-state index < -0.39 is 23.7 Å². The molecule has 2 aromatic rings. The van der Waals surface area contributed by atoms with Gasteiger partial charge in [-0.25, -0.2) is 0 Å². The Morgan fingerprint density at radius 2 is 2.03 bits per heavy atom. The van der Waals surface area contributed by atoms with Gasteiger partial charge in [0, 0.05) is 16.1 Å². The highest BCUT2D eigenvalue weighted by atomic mass is 79.9. The van der Waals surface area contributed by atoms with E-state index >= 15 is 0 Å². The fraction of sp³-hybridized carbons (Fsp3) is 0.190. The second kappa shape index (κ2) is 9.88. The Kier molecular flexibility index (Phi) is 7.48. The summed E-state index contributed by atoms with van der Waals surface area (Å²) in [5.74, 6) is -2.68. The lowest BCUT2D eigenvalue weighted by Crippen LogP contribution is -2.44. The van der Waals surface area contributed by atoms with Crippen LogP contribution in [0.3, 0.4) is 0 Å². The van der Waals surface area contributed by atoms with Crippen LogP contribution in [-0.2, 0) is 20.1 Å². The van der Waals surface area contributed by atoms with Crippen LogP contribution in [0.15, 0.2) is 57.5 Å². The molecule has 1 N–H and O–H groups in total. The van der Waals surface area contributed by atoms with E-state index in [0.717, 1.165) is 10.0 Å². The summed E-state index contributed by atoms with van der Waals surface area (Å²) in [5, 5.41) is 13.9. The molecule has 2 atom stereocenters. The predicted octanol–water partition coefficient (Wildman–Crippen LogP) is 5.43. The minimum Gasteiger partial charge on any atom is -0.468 e. The van der Waals surface area contributed by atoms with Crippen LogP contribution < -0.4 is 5.32 Å². The van der Waals surface area contributed by atoms with E-state index in [1.165, 1.54) is 18.9 Å². The first-order chi connectivity index (χ1) is 14.3. The largest absolute Gasteiger partial charge is 0.468 e. The van der Waals surface area contributed by atoms with E-state index in [2.05, 4.69) is 27.3 Å². The molecule has 1 amide bonds. The van der Waals surface area contributed by atoms with Gasteiger partial charge in [-0.15, -0.1) is 11.8 Å². The van der Waals surface area contributed by atoms with Crippen molar-refractivity contribution < 1.29 is 14.3 Å². The molecule has 1 aliphatic rings. The SMILES string of the molecule is COC(=O)[C@H]1C(=O)NC(SCc2ccc(Cl)c(Cl)c2)=C(C#N)[C@@H]1c1cccc(Br)c1. The molecule has 0 unspecified atom stereocenters. The highest BCUT2D eigenvalue weighted by Gasteiger charge is 2.44. The van der Waals surface area contributed by atoms with Crippen molar-refractivity contribution in [3.8, 4) is 6.07 Å². The minimum atomic E-state index is -1.16. The number of methoxy groups -OCH3 is 1. The number of hydrogen-bond donors (Lipinski definition) is 1. The first-order valence-electron chi connectivity index (χ1n) is 8.70. The van der Waals surface area contributed by atoms with Crippen molar-refractivity contribution in [3.63, 3.8) is 0 Å². The van der Waals surface area contributed by atoms with E-state index in [9.17, 15) is 14.9 Å². The number of carbonyl (C=O) groups excluding carboxylic acids is 2. The lowest BCUT2D eigenvalue weighted by Gasteiger charge is -2.31. The summed E-state index contributed by atoms with van der Waals surface area (Å²) in [6, 6.07) is 14.6. The number of halogens is 3. The van der Waals surface area contributed by atoms with E-state index in [1.807, 2.05) is 12.1 Å². The third kappa shape index (κ3) is 4.84. The maximum Gasteiger partial charge on any atom is 0.319 e. The van der Waals surface area contributed by atoms with Crippen LogP contribution in [0.25, 0.3) is 0 Å². The van der Waals surface area contributed by atoms with Crippen LogP contribution in [-0.4, -0.2) is 19.0 Å². The first-order valence-corrected chi connectivity index (χ1v) is 11.2. The molecule has 0 bridgehead atoms. The number of rotatable bonds is 5. The van der Waals surface area contributed by atoms with Crippen molar-refractivity contribution in [2.24, 2.45) is 5.92 Å². The van der Waals surface area contributed by atoms with E-state index in [1.54, 1.807) is 30.3 Å². The molecule has 30 heavy (non-hydrogen) atoms. The summed E-state index contributed by atoms with van der Waals surface area (Å²) in [6.45, 7) is 0. The number of esters is 1. The summed E-state index contributed by atoms with van der Waals surface area (Å²) < 4.78 is 5.62. The van der Waals surface area contributed by atoms with E-state index in [-0.39, 0.29) is 0 Å². The molecule has 1 heterocycles. The number of benzene rings is 2. The fourth-order valence-electron chi connectivity index (χ4n) is 3.16. The molecule has 9 heteroatoms. The molecule has 0 fully saturated rings. The molecule has 1 aliphatic heterocycles. The maximum atomic E-state index is 12.8. The minimum absolute atomic E-state index is 0.299. The van der Waals surface area contributed by atoms with Gasteiger partial charge in [0.2, 0.25) is 5.91 Å². The van der Waals surface area contributed by atoms with Crippen molar-refractivity contribution in [2.75, 3.05) is 7.11 Å². The van der Waals surface area contributed by atoms with Crippen molar-refractivity contribution in [3.05, 3.63) is 78.7 Å². The number of ether oxygens (including phenoxy) is 1. The molecule has 3 rings (SSSR count). The summed E-state index contributed by atoms with van der Waals surface area (Å²) in [4.78, 5) is 25.2. The number of carbonyl (C=O) groups is 2. The molecular formula is C21H15BrCl2N2O3S. The molecule has 0 saturated heterocycles. The lowest BCUT2D eigenvalue weighted by molar-refractivity contribution is -0.150. The monoisotopic (exact) mass is 524 g/mol. The van der Waals surface area contributed by atoms with Crippen LogP contribution >= 0.6 is 50.9 Å². The van der Waals surface area contributed by atoms with Crippen molar-refractivity contribution in [2.45, 2.75) is 11.7 Å². The van der Waals surface area contributed by atoms with Gasteiger partial charge in [-0.2, -0.15) is 5.26 Å². The molecule has 0 aliphatic carbocycles. The summed E-state index contributed by atoms with van der Waals surface area (Å²) >= 11 is 16.7. The Balaban J connectivity index is 2.02. The van der Waals surface area contributed by atoms with Gasteiger partial charge in [0.15, 0.2) is 0 Å². The number of nitrogens with one attached hydrogen (secondary N) is 1. The Hall–Kier alpha value is -1.98. The van der Waals surface area contributed by atoms with Crippen LogP contribution in [0, 0.1) is 17.2 Å². The quantitative estimate of drug-likeness (QED) is 0.416. The molecule has 5 nitrogen and oxygen atoms in total. The maximum absolute atomic E-state index is 12.8. The van der Waals surface area contributed by atoms with Crippen LogP contribution in [0.2, 0.25) is 10.0 Å². The molecule has 154 valence electrons. The van der Waals surface area contributed by atoms with E-state index in [4.69, 9.17) is 27.9 Å². The number of hydrogen-bond acceptors (Lipinski definition) is 5. The molecule has 2 aromatic carbocycles. The summed E-state index contributed by atoms with van der Waals surface area (Å²) in [7, 11) is 1.22. The zero-order valence-corrected chi connectivity index (χ0v) is 19.5. The van der Waals surface area contributed by atoms with Gasteiger partial charge in [0.05, 0.1) is 33.8 Å². The van der Waals surface area contributed by atoms with Gasteiger partial charge in [-0.05, 0) is 35.4 Å². The topological polar surface area (TPSA) is 79.2 Å². The Morgan fingerprint density at radius 1 is 1.27 bits per heavy atom. The highest BCUT2D eigenvalue weighted by molar-refractivity contribution is 9.10. The smallest absolute Gasteiger partial charge is 0.319 e. The number of allylic oxidation sites excluding steroid dienone is 1. The fourth-order valence-corrected chi connectivity index (χ4v) is 4.89. The average molecular weight is 526 g/mol. The number of amides is 1. The second-order valence-corrected chi connectivity index (χ2v) is 9.13. The number of thioether (sulfide) groups is 1. The number of nitriles is 1. The van der Waals surface area contributed by atoms with Gasteiger partial charge >= 0.3 is 5.97 Å². The summed E-state index contributed by atoms with van der Waals surface area (Å²) in [6.07, 6.45) is 0. The zero-order valence-electron chi connectivity index (χ0n) is 15.6. The van der Waals surface area contributed by atoms with Crippen molar-refractivity contribution in [1.29, 1.82) is 5.26 Å². The average Bonchev–Trinajstić information content (AvgIpc) is 2.73. The van der Waals surface area contributed by atoms with Crippen molar-refractivity contribution in [1.82, 2.24) is 5.32 Å². The zero-order chi connectivity index (χ0) is 21.8. The predicted molar refractivity (Wildman–Crippen MR) is 121 cm³/mol. The Morgan fingerprint density at radius 3 is 2.67 bits per heavy atom. The molecule has 0 radical (unpaired) electrons. The first kappa shape index (κ1) is 22.7. The van der Waals surface area contributed by atoms with Gasteiger partial charge in [0.1, 0.15) is 5.92 Å². The normalized spacial score (nSPS) is 18.6. The molecule has 0 spiro atoms. The van der Waals surface area contributed by atoms with Crippen molar-refractivity contribution >= 4 is 62.8 Å². The lowest BCUT2D eigenvalue weighted by atomic mass is 9.78. The molecular weight excluding hydrogens is 511 g/mol. The summed E-state index contributed by atoms with van der Waals surface area (Å²) in [5.41, 5.74) is 1.84. The second-order valence-electron chi connectivity index (χ2n) is 6.41. The van der Waals surface area contributed by atoms with Gasteiger partial charge < -0.3 is 10.1 Å². The Bertz CT molecular complexity index is 1080. The van der Waals surface area contributed by atoms with Gasteiger partial charge in [-0.3, -0.25) is 9.59 Å². The van der Waals surface area contributed by atoms with E-state index in [0.29, 0.717) is 32.0 Å².